The van der Waals surface area contributed by atoms with Gasteiger partial charge in [0.25, 0.3) is 0 Å². The molecular formula is C16H15F6N5O. The number of benzene rings is 1. The molecule has 0 saturated heterocycles. The monoisotopic (exact) mass is 407 g/mol. The number of fused-ring (bicyclic) bond motifs is 1. The van der Waals surface area contributed by atoms with Crippen molar-refractivity contribution in [2.45, 2.75) is 31.7 Å². The summed E-state index contributed by atoms with van der Waals surface area (Å²) >= 11 is 0. The molecule has 0 radical (unpaired) electrons. The van der Waals surface area contributed by atoms with Crippen molar-refractivity contribution in [2.24, 2.45) is 5.73 Å². The molecule has 0 fully saturated rings. The number of Topliss-reactive ketones (excluding diaryl/α,β-unsaturated/α-hetero) is 1. The highest BCUT2D eigenvalue weighted by molar-refractivity contribution is 6.00. The van der Waals surface area contributed by atoms with Crippen LogP contribution in [0.15, 0.2) is 12.1 Å². The van der Waals surface area contributed by atoms with Crippen LogP contribution < -0.4 is 5.73 Å². The van der Waals surface area contributed by atoms with E-state index in [9.17, 15) is 31.1 Å². The van der Waals surface area contributed by atoms with Gasteiger partial charge in [-0.05, 0) is 12.5 Å². The van der Waals surface area contributed by atoms with E-state index in [1.807, 2.05) is 0 Å². The molecular weight excluding hydrogens is 392 g/mol. The molecule has 1 atom stereocenters. The fourth-order valence-corrected chi connectivity index (χ4v) is 2.97. The smallest absolute Gasteiger partial charge is 0.321 e. The molecule has 2 N–H and O–H groups in total. The number of alkyl halides is 3. The minimum atomic E-state index is -4.60. The average molecular weight is 407 g/mol. The zero-order valence-corrected chi connectivity index (χ0v) is 14.3. The van der Waals surface area contributed by atoms with Crippen LogP contribution in [-0.2, 0) is 19.3 Å². The van der Waals surface area contributed by atoms with Crippen molar-refractivity contribution in [1.29, 1.82) is 0 Å². The van der Waals surface area contributed by atoms with Crippen molar-refractivity contribution in [3.8, 4) is 0 Å². The van der Waals surface area contributed by atoms with Gasteiger partial charge in [0.15, 0.2) is 17.4 Å². The molecule has 0 saturated carbocycles. The van der Waals surface area contributed by atoms with Crippen molar-refractivity contribution in [1.82, 2.24) is 19.7 Å². The van der Waals surface area contributed by atoms with Gasteiger partial charge in [0, 0.05) is 25.7 Å². The predicted octanol–water partition coefficient (Wildman–Crippen LogP) is 2.13. The van der Waals surface area contributed by atoms with Crippen LogP contribution in [-0.4, -0.2) is 44.6 Å². The third-order valence-corrected chi connectivity index (χ3v) is 4.45. The second-order valence-corrected chi connectivity index (χ2v) is 6.37. The lowest BCUT2D eigenvalue weighted by Gasteiger charge is -2.28. The van der Waals surface area contributed by atoms with Crippen molar-refractivity contribution >= 4 is 5.78 Å². The number of hydrogen-bond acceptors (Lipinski definition) is 5. The summed E-state index contributed by atoms with van der Waals surface area (Å²) in [7, 11) is 0. The van der Waals surface area contributed by atoms with Crippen LogP contribution in [0, 0.1) is 17.5 Å². The first-order valence-corrected chi connectivity index (χ1v) is 8.24. The molecule has 0 spiro atoms. The number of hydrogen-bond donors (Lipinski definition) is 1. The zero-order chi connectivity index (χ0) is 20.6. The van der Waals surface area contributed by atoms with Crippen molar-refractivity contribution < 1.29 is 31.1 Å². The third kappa shape index (κ3) is 4.02. The Bertz CT molecular complexity index is 896. The van der Waals surface area contributed by atoms with Crippen LogP contribution in [0.2, 0.25) is 0 Å². The summed E-state index contributed by atoms with van der Waals surface area (Å²) in [5.41, 5.74) is 5.09. The van der Waals surface area contributed by atoms with Gasteiger partial charge in [0.2, 0.25) is 5.82 Å². The first-order chi connectivity index (χ1) is 13.1. The van der Waals surface area contributed by atoms with Gasteiger partial charge in [-0.2, -0.15) is 13.2 Å². The average Bonchev–Trinajstić information content (AvgIpc) is 3.05. The second kappa shape index (κ2) is 7.51. The molecule has 12 heteroatoms. The summed E-state index contributed by atoms with van der Waals surface area (Å²) in [6.07, 6.45) is -4.56. The molecule has 0 aliphatic carbocycles. The van der Waals surface area contributed by atoms with Crippen LogP contribution >= 0.6 is 0 Å². The second-order valence-electron chi connectivity index (χ2n) is 6.37. The Morgan fingerprint density at radius 3 is 2.46 bits per heavy atom. The van der Waals surface area contributed by atoms with Crippen molar-refractivity contribution in [3.63, 3.8) is 0 Å². The summed E-state index contributed by atoms with van der Waals surface area (Å²) in [6, 6.07) is -0.468. The highest BCUT2D eigenvalue weighted by Gasteiger charge is 2.39. The maximum Gasteiger partial charge on any atom is 0.451 e. The lowest BCUT2D eigenvalue weighted by atomic mass is 10.0. The number of nitrogens with zero attached hydrogens (tertiary/aromatic N) is 4. The van der Waals surface area contributed by atoms with Gasteiger partial charge in [-0.1, -0.05) is 0 Å². The number of carbonyl (C=O) groups is 1. The Morgan fingerprint density at radius 2 is 1.79 bits per heavy atom. The quantitative estimate of drug-likeness (QED) is 0.467. The number of carbonyl (C=O) groups excluding carboxylic acids is 1. The Balaban J connectivity index is 1.61. The molecule has 0 unspecified atom stereocenters. The molecule has 152 valence electrons. The van der Waals surface area contributed by atoms with Gasteiger partial charge in [-0.25, -0.2) is 13.2 Å². The van der Waals surface area contributed by atoms with Gasteiger partial charge in [0.05, 0.1) is 18.2 Å². The molecule has 0 bridgehead atoms. The van der Waals surface area contributed by atoms with E-state index in [1.165, 1.54) is 0 Å². The minimum Gasteiger partial charge on any atom is -0.321 e. The van der Waals surface area contributed by atoms with E-state index in [4.69, 9.17) is 5.73 Å². The third-order valence-electron chi connectivity index (χ3n) is 4.45. The van der Waals surface area contributed by atoms with Crippen LogP contribution in [0.1, 0.15) is 28.4 Å². The molecule has 3 rings (SSSR count). The standard InChI is InChI=1S/C16H15F6N5O/c17-9-6-11(19)10(18)5-8(9)14(28)12(23)1-2-26-3-4-27-13(7-26)24-25-15(27)16(20,21)22/h5-6,12H,1-4,7,23H2/t12-/m1/s1. The number of halogens is 6. The van der Waals surface area contributed by atoms with Gasteiger partial charge in [-0.3, -0.25) is 9.69 Å². The first kappa shape index (κ1) is 20.3. The number of aromatic nitrogens is 3. The topological polar surface area (TPSA) is 77.0 Å². The molecule has 1 aromatic heterocycles. The van der Waals surface area contributed by atoms with Gasteiger partial charge in [0.1, 0.15) is 11.6 Å². The van der Waals surface area contributed by atoms with E-state index in [0.29, 0.717) is 6.07 Å². The SMILES string of the molecule is N[C@H](CCN1CCn2c(nnc2C(F)(F)F)C1)C(=O)c1cc(F)c(F)cc1F. The Morgan fingerprint density at radius 1 is 1.11 bits per heavy atom. The lowest BCUT2D eigenvalue weighted by molar-refractivity contribution is -0.148. The number of nitrogens with two attached hydrogens (primary N) is 1. The number of rotatable bonds is 5. The molecule has 1 aliphatic heterocycles. The van der Waals surface area contributed by atoms with E-state index in [0.717, 1.165) is 4.57 Å². The first-order valence-electron chi connectivity index (χ1n) is 8.24. The molecule has 0 amide bonds. The van der Waals surface area contributed by atoms with E-state index >= 15 is 0 Å². The van der Waals surface area contributed by atoms with Crippen LogP contribution in [0.25, 0.3) is 0 Å². The van der Waals surface area contributed by atoms with E-state index in [2.05, 4.69) is 10.2 Å². The molecule has 1 aliphatic rings. The van der Waals surface area contributed by atoms with E-state index in [-0.39, 0.29) is 44.5 Å². The summed E-state index contributed by atoms with van der Waals surface area (Å²) in [6.45, 7) is 0.544. The Labute approximate surface area is 154 Å². The van der Waals surface area contributed by atoms with Gasteiger partial charge in [-0.15, -0.1) is 10.2 Å². The minimum absolute atomic E-state index is 0.0121. The van der Waals surface area contributed by atoms with E-state index in [1.54, 1.807) is 4.90 Å². The fourth-order valence-electron chi connectivity index (χ4n) is 2.97. The van der Waals surface area contributed by atoms with Crippen LogP contribution in [0.4, 0.5) is 26.3 Å². The highest BCUT2D eigenvalue weighted by Crippen LogP contribution is 2.29. The Hall–Kier alpha value is -2.47. The summed E-state index contributed by atoms with van der Waals surface area (Å²) < 4.78 is 79.4. The Kier molecular flexibility index (Phi) is 5.44. The maximum atomic E-state index is 13.7. The van der Waals surface area contributed by atoms with Crippen molar-refractivity contribution in [2.75, 3.05) is 13.1 Å². The summed E-state index contributed by atoms with van der Waals surface area (Å²) in [5, 5.41) is 6.71. The molecule has 6 nitrogen and oxygen atoms in total. The summed E-state index contributed by atoms with van der Waals surface area (Å²) in [4.78, 5) is 13.9. The fraction of sp³-hybridized carbons (Fsp3) is 0.438. The van der Waals surface area contributed by atoms with Crippen LogP contribution in [0.5, 0.6) is 0 Å². The molecule has 2 heterocycles. The highest BCUT2D eigenvalue weighted by atomic mass is 19.4. The summed E-state index contributed by atoms with van der Waals surface area (Å²) in [5.74, 6) is -5.83. The molecule has 2 aromatic rings. The largest absolute Gasteiger partial charge is 0.451 e. The lowest BCUT2D eigenvalue weighted by Crippen LogP contribution is -2.40. The van der Waals surface area contributed by atoms with Crippen LogP contribution in [0.3, 0.4) is 0 Å². The van der Waals surface area contributed by atoms with E-state index < -0.39 is 46.8 Å². The number of ketones is 1. The predicted molar refractivity (Wildman–Crippen MR) is 83.5 cm³/mol. The van der Waals surface area contributed by atoms with Gasteiger partial charge >= 0.3 is 6.18 Å². The molecule has 28 heavy (non-hydrogen) atoms. The zero-order valence-electron chi connectivity index (χ0n) is 14.3. The van der Waals surface area contributed by atoms with Crippen molar-refractivity contribution in [3.05, 3.63) is 46.8 Å². The van der Waals surface area contributed by atoms with Gasteiger partial charge < -0.3 is 10.3 Å². The molecule has 1 aromatic carbocycles. The maximum absolute atomic E-state index is 13.7. The normalized spacial score (nSPS) is 16.1.